The first-order valence-corrected chi connectivity index (χ1v) is 10.5. The third-order valence-electron chi connectivity index (χ3n) is 5.69. The molecule has 3 N–H and O–H groups in total. The Morgan fingerprint density at radius 3 is 2.39 bits per heavy atom. The van der Waals surface area contributed by atoms with E-state index in [-0.39, 0.29) is 17.0 Å². The second-order valence-electron chi connectivity index (χ2n) is 7.95. The normalized spacial score (nSPS) is 14.5. The van der Waals surface area contributed by atoms with E-state index >= 15 is 0 Å². The van der Waals surface area contributed by atoms with Crippen LogP contribution >= 0.6 is 0 Å². The van der Waals surface area contributed by atoms with Crippen LogP contribution in [0.15, 0.2) is 53.3 Å². The van der Waals surface area contributed by atoms with Gasteiger partial charge in [-0.25, -0.2) is 4.79 Å². The van der Waals surface area contributed by atoms with Gasteiger partial charge in [-0.3, -0.25) is 14.5 Å². The van der Waals surface area contributed by atoms with Gasteiger partial charge >= 0.3 is 5.97 Å². The van der Waals surface area contributed by atoms with E-state index in [4.69, 9.17) is 5.11 Å². The number of amides is 1. The van der Waals surface area contributed by atoms with Crippen molar-refractivity contribution in [2.45, 2.75) is 25.7 Å². The van der Waals surface area contributed by atoms with Gasteiger partial charge in [0.25, 0.3) is 11.5 Å². The number of nitrogens with one attached hydrogen (secondary N) is 2. The van der Waals surface area contributed by atoms with Crippen LogP contribution in [0.4, 0.5) is 0 Å². The van der Waals surface area contributed by atoms with Gasteiger partial charge < -0.3 is 15.4 Å². The fourth-order valence-electron chi connectivity index (χ4n) is 3.91. The predicted molar refractivity (Wildman–Crippen MR) is 119 cm³/mol. The van der Waals surface area contributed by atoms with Crippen molar-refractivity contribution in [3.63, 3.8) is 0 Å². The quantitative estimate of drug-likeness (QED) is 0.570. The first-order chi connectivity index (χ1) is 15.0. The number of likely N-dealkylation sites (tertiary alicyclic amines) is 1. The fraction of sp³-hybridized carbons (Fsp3) is 0.292. The molecule has 160 valence electrons. The number of carbonyl (C=O) groups is 2. The maximum absolute atomic E-state index is 12.6. The maximum atomic E-state index is 12.6. The van der Waals surface area contributed by atoms with Crippen LogP contribution in [0.5, 0.6) is 0 Å². The van der Waals surface area contributed by atoms with Crippen LogP contribution in [0.2, 0.25) is 0 Å². The van der Waals surface area contributed by atoms with Crippen molar-refractivity contribution in [2.24, 2.45) is 0 Å². The number of rotatable bonds is 6. The molecule has 1 aliphatic rings. The molecular weight excluding hydrogens is 394 g/mol. The lowest BCUT2D eigenvalue weighted by molar-refractivity contribution is 0.0696. The summed E-state index contributed by atoms with van der Waals surface area (Å²) in [6, 6.07) is 13.5. The van der Waals surface area contributed by atoms with Gasteiger partial charge in [-0.2, -0.15) is 0 Å². The van der Waals surface area contributed by atoms with E-state index in [0.717, 1.165) is 24.0 Å². The number of hydrogen-bond acceptors (Lipinski definition) is 4. The molecule has 3 aromatic rings. The Kier molecular flexibility index (Phi) is 6.13. The first kappa shape index (κ1) is 20.8. The molecule has 7 heteroatoms. The molecule has 0 aliphatic carbocycles. The number of fused-ring (bicyclic) bond motifs is 1. The second kappa shape index (κ2) is 9.14. The van der Waals surface area contributed by atoms with E-state index in [1.807, 2.05) is 0 Å². The van der Waals surface area contributed by atoms with E-state index in [1.165, 1.54) is 31.4 Å². The van der Waals surface area contributed by atoms with E-state index in [1.54, 1.807) is 36.4 Å². The third kappa shape index (κ3) is 5.00. The van der Waals surface area contributed by atoms with Crippen LogP contribution in [0, 0.1) is 0 Å². The van der Waals surface area contributed by atoms with Gasteiger partial charge in [-0.05, 0) is 73.3 Å². The van der Waals surface area contributed by atoms with E-state index in [9.17, 15) is 14.4 Å². The second-order valence-corrected chi connectivity index (χ2v) is 7.95. The molecule has 1 fully saturated rings. The molecule has 4 rings (SSSR count). The minimum absolute atomic E-state index is 0.135. The van der Waals surface area contributed by atoms with Gasteiger partial charge in [0.1, 0.15) is 0 Å². The van der Waals surface area contributed by atoms with Crippen LogP contribution in [0.1, 0.15) is 51.1 Å². The number of aromatic amines is 1. The average molecular weight is 419 g/mol. The minimum Gasteiger partial charge on any atom is -0.478 e. The number of nitrogens with zero attached hydrogens (tertiary/aromatic N) is 1. The molecule has 1 aromatic heterocycles. The minimum atomic E-state index is -0.985. The Morgan fingerprint density at radius 1 is 0.968 bits per heavy atom. The molecule has 2 aromatic carbocycles. The number of hydrogen-bond donors (Lipinski definition) is 3. The highest BCUT2D eigenvalue weighted by atomic mass is 16.4. The van der Waals surface area contributed by atoms with Gasteiger partial charge in [-0.1, -0.05) is 18.6 Å². The number of piperidine rings is 1. The lowest BCUT2D eigenvalue weighted by atomic mass is 10.0. The molecule has 1 amide bonds. The van der Waals surface area contributed by atoms with Crippen molar-refractivity contribution < 1.29 is 14.7 Å². The molecule has 2 heterocycles. The standard InChI is InChI=1S/C24H25N3O4/c28-22(25-15-27-10-2-1-3-11-27)18-8-9-21-19(13-18)14-20(23(29)26-21)12-16-4-6-17(7-5-16)24(30)31/h4-9,13-14H,1-3,10-12,15H2,(H,25,28)(H,26,29)(H,30,31). The predicted octanol–water partition coefficient (Wildman–Crippen LogP) is 2.99. The van der Waals surface area contributed by atoms with Crippen molar-refractivity contribution in [2.75, 3.05) is 19.8 Å². The molecule has 1 aliphatic heterocycles. The summed E-state index contributed by atoms with van der Waals surface area (Å²) in [6.45, 7) is 2.56. The summed E-state index contributed by atoms with van der Waals surface area (Å²) in [5.74, 6) is -1.12. The summed E-state index contributed by atoms with van der Waals surface area (Å²) >= 11 is 0. The molecule has 7 nitrogen and oxygen atoms in total. The van der Waals surface area contributed by atoms with Crippen LogP contribution < -0.4 is 10.9 Å². The molecular formula is C24H25N3O4. The SMILES string of the molecule is O=C(O)c1ccc(Cc2cc3cc(C(=O)NCN4CCCCC4)ccc3[nH]c2=O)cc1. The zero-order valence-corrected chi connectivity index (χ0v) is 17.2. The highest BCUT2D eigenvalue weighted by molar-refractivity contribution is 5.98. The zero-order valence-electron chi connectivity index (χ0n) is 17.2. The number of carbonyl (C=O) groups excluding carboxylic acids is 1. The van der Waals surface area contributed by atoms with Crippen molar-refractivity contribution in [3.05, 3.63) is 81.1 Å². The smallest absolute Gasteiger partial charge is 0.335 e. The summed E-state index contributed by atoms with van der Waals surface area (Å²) in [7, 11) is 0. The average Bonchev–Trinajstić information content (AvgIpc) is 2.78. The highest BCUT2D eigenvalue weighted by Gasteiger charge is 2.13. The molecule has 0 saturated carbocycles. The van der Waals surface area contributed by atoms with Crippen molar-refractivity contribution in [1.29, 1.82) is 0 Å². The van der Waals surface area contributed by atoms with Gasteiger partial charge in [-0.15, -0.1) is 0 Å². The Balaban J connectivity index is 1.51. The van der Waals surface area contributed by atoms with E-state index < -0.39 is 5.97 Å². The summed E-state index contributed by atoms with van der Waals surface area (Å²) in [5.41, 5.74) is 2.62. The van der Waals surface area contributed by atoms with Gasteiger partial charge in [0.05, 0.1) is 12.2 Å². The number of benzene rings is 2. The first-order valence-electron chi connectivity index (χ1n) is 10.5. The molecule has 0 bridgehead atoms. The number of carboxylic acids is 1. The zero-order chi connectivity index (χ0) is 21.8. The number of carboxylic acid groups (broad SMARTS) is 1. The molecule has 0 atom stereocenters. The number of pyridine rings is 1. The number of aromatic carboxylic acids is 1. The Bertz CT molecular complexity index is 1160. The van der Waals surface area contributed by atoms with Gasteiger partial charge in [0.15, 0.2) is 0 Å². The molecule has 0 unspecified atom stereocenters. The summed E-state index contributed by atoms with van der Waals surface area (Å²) in [5, 5.41) is 12.8. The van der Waals surface area contributed by atoms with E-state index in [0.29, 0.717) is 29.7 Å². The third-order valence-corrected chi connectivity index (χ3v) is 5.69. The number of aromatic nitrogens is 1. The monoisotopic (exact) mass is 419 g/mol. The van der Waals surface area contributed by atoms with E-state index in [2.05, 4.69) is 15.2 Å². The van der Waals surface area contributed by atoms with Crippen molar-refractivity contribution in [1.82, 2.24) is 15.2 Å². The summed E-state index contributed by atoms with van der Waals surface area (Å²) in [4.78, 5) is 41.2. The summed E-state index contributed by atoms with van der Waals surface area (Å²) in [6.07, 6.45) is 3.96. The van der Waals surface area contributed by atoms with Gasteiger partial charge in [0.2, 0.25) is 0 Å². The Morgan fingerprint density at radius 2 is 1.68 bits per heavy atom. The lowest BCUT2D eigenvalue weighted by Crippen LogP contribution is -2.40. The Hall–Kier alpha value is -3.45. The van der Waals surface area contributed by atoms with Crippen LogP contribution in [0.3, 0.4) is 0 Å². The number of H-pyrrole nitrogens is 1. The van der Waals surface area contributed by atoms with Crippen molar-refractivity contribution >= 4 is 22.8 Å². The highest BCUT2D eigenvalue weighted by Crippen LogP contribution is 2.16. The largest absolute Gasteiger partial charge is 0.478 e. The van der Waals surface area contributed by atoms with Crippen LogP contribution in [-0.2, 0) is 6.42 Å². The molecule has 0 radical (unpaired) electrons. The molecule has 1 saturated heterocycles. The van der Waals surface area contributed by atoms with Crippen LogP contribution in [0.25, 0.3) is 10.9 Å². The Labute approximate surface area is 179 Å². The molecule has 0 spiro atoms. The fourth-order valence-corrected chi connectivity index (χ4v) is 3.91. The lowest BCUT2D eigenvalue weighted by Gasteiger charge is -2.26. The summed E-state index contributed by atoms with van der Waals surface area (Å²) < 4.78 is 0. The van der Waals surface area contributed by atoms with Crippen LogP contribution in [-0.4, -0.2) is 46.6 Å². The van der Waals surface area contributed by atoms with Crippen molar-refractivity contribution in [3.8, 4) is 0 Å². The van der Waals surface area contributed by atoms with Gasteiger partial charge in [0, 0.05) is 23.1 Å². The molecule has 31 heavy (non-hydrogen) atoms. The topological polar surface area (TPSA) is 102 Å². The maximum Gasteiger partial charge on any atom is 0.335 e.